The van der Waals surface area contributed by atoms with Gasteiger partial charge in [-0.25, -0.2) is 9.97 Å². The van der Waals surface area contributed by atoms with E-state index in [9.17, 15) is 4.79 Å². The zero-order valence-electron chi connectivity index (χ0n) is 9.45. The second-order valence-electron chi connectivity index (χ2n) is 3.57. The summed E-state index contributed by atoms with van der Waals surface area (Å²) in [6.45, 7) is 1.77. The van der Waals surface area contributed by atoms with Gasteiger partial charge in [0.25, 0.3) is 5.91 Å². The van der Waals surface area contributed by atoms with E-state index in [0.29, 0.717) is 16.1 Å². The monoisotopic (exact) mass is 281 g/mol. The number of halogens is 2. The average Bonchev–Trinajstić information content (AvgIpc) is 2.32. The van der Waals surface area contributed by atoms with Crippen LogP contribution < -0.4 is 5.32 Å². The quantitative estimate of drug-likeness (QED) is 0.859. The van der Waals surface area contributed by atoms with E-state index in [1.165, 1.54) is 12.3 Å². The molecule has 1 amide bonds. The molecule has 1 aromatic heterocycles. The highest BCUT2D eigenvalue weighted by atomic mass is 35.5. The summed E-state index contributed by atoms with van der Waals surface area (Å²) in [5.74, 6) is -0.163. The van der Waals surface area contributed by atoms with Crippen molar-refractivity contribution in [3.63, 3.8) is 0 Å². The Morgan fingerprint density at radius 2 is 2.06 bits per heavy atom. The molecule has 0 aliphatic heterocycles. The summed E-state index contributed by atoms with van der Waals surface area (Å²) in [5.41, 5.74) is 1.18. The van der Waals surface area contributed by atoms with Gasteiger partial charge in [0.2, 0.25) is 5.95 Å². The van der Waals surface area contributed by atoms with Gasteiger partial charge in [-0.05, 0) is 30.7 Å². The van der Waals surface area contributed by atoms with Crippen LogP contribution in [0.2, 0.25) is 10.2 Å². The number of hydrogen-bond donors (Lipinski definition) is 1. The summed E-state index contributed by atoms with van der Waals surface area (Å²) >= 11 is 11.7. The molecule has 1 N–H and O–H groups in total. The van der Waals surface area contributed by atoms with Gasteiger partial charge in [0, 0.05) is 16.8 Å². The molecule has 0 fully saturated rings. The molecule has 2 aromatic rings. The number of amides is 1. The number of aromatic nitrogens is 2. The number of nitrogens with zero attached hydrogens (tertiary/aromatic N) is 2. The lowest BCUT2D eigenvalue weighted by molar-refractivity contribution is 0.102. The van der Waals surface area contributed by atoms with E-state index < -0.39 is 0 Å². The zero-order valence-corrected chi connectivity index (χ0v) is 11.0. The van der Waals surface area contributed by atoms with Gasteiger partial charge in [-0.2, -0.15) is 0 Å². The Morgan fingerprint density at radius 1 is 1.28 bits per heavy atom. The molecule has 92 valence electrons. The predicted octanol–water partition coefficient (Wildman–Crippen LogP) is 3.34. The van der Waals surface area contributed by atoms with Crippen LogP contribution in [0.25, 0.3) is 0 Å². The first-order chi connectivity index (χ1) is 8.58. The molecule has 0 aliphatic rings. The molecule has 1 aromatic carbocycles. The minimum atomic E-state index is -0.322. The molecule has 4 nitrogen and oxygen atoms in total. The molecule has 0 bridgehead atoms. The number of rotatable bonds is 2. The molecule has 0 spiro atoms. The number of nitrogens with one attached hydrogen (secondary N) is 1. The van der Waals surface area contributed by atoms with E-state index in [1.807, 2.05) is 0 Å². The normalized spacial score (nSPS) is 10.2. The Morgan fingerprint density at radius 3 is 2.78 bits per heavy atom. The van der Waals surface area contributed by atoms with E-state index in [2.05, 4.69) is 15.3 Å². The highest BCUT2D eigenvalue weighted by molar-refractivity contribution is 6.32. The molecular formula is C12H9Cl2N3O. The van der Waals surface area contributed by atoms with Gasteiger partial charge in [-0.3, -0.25) is 10.1 Å². The first-order valence-electron chi connectivity index (χ1n) is 5.13. The molecule has 0 atom stereocenters. The van der Waals surface area contributed by atoms with Crippen molar-refractivity contribution < 1.29 is 4.79 Å². The molecule has 0 unspecified atom stereocenters. The van der Waals surface area contributed by atoms with Crippen molar-refractivity contribution in [3.8, 4) is 0 Å². The Hall–Kier alpha value is -1.65. The molecule has 0 saturated heterocycles. The molecule has 1 heterocycles. The van der Waals surface area contributed by atoms with Gasteiger partial charge >= 0.3 is 0 Å². The van der Waals surface area contributed by atoms with E-state index in [1.54, 1.807) is 25.1 Å². The zero-order chi connectivity index (χ0) is 13.1. The van der Waals surface area contributed by atoms with Crippen LogP contribution in [-0.2, 0) is 0 Å². The molecule has 0 saturated carbocycles. The molecule has 18 heavy (non-hydrogen) atoms. The summed E-state index contributed by atoms with van der Waals surface area (Å²) in [7, 11) is 0. The summed E-state index contributed by atoms with van der Waals surface area (Å²) < 4.78 is 0. The lowest BCUT2D eigenvalue weighted by Gasteiger charge is -2.07. The smallest absolute Gasteiger partial charge is 0.258 e. The maximum Gasteiger partial charge on any atom is 0.258 e. The number of hydrogen-bond acceptors (Lipinski definition) is 3. The third-order valence-electron chi connectivity index (χ3n) is 2.36. The van der Waals surface area contributed by atoms with Crippen LogP contribution in [0.15, 0.2) is 30.5 Å². The largest absolute Gasteiger partial charge is 0.290 e. The third-order valence-corrected chi connectivity index (χ3v) is 2.98. The molecular weight excluding hydrogens is 273 g/mol. The van der Waals surface area contributed by atoms with E-state index in [0.717, 1.165) is 0 Å². The van der Waals surface area contributed by atoms with Crippen LogP contribution in [0.4, 0.5) is 5.95 Å². The second-order valence-corrected chi connectivity index (χ2v) is 4.36. The van der Waals surface area contributed by atoms with Crippen molar-refractivity contribution in [2.45, 2.75) is 6.92 Å². The van der Waals surface area contributed by atoms with Gasteiger partial charge in [0.05, 0.1) is 0 Å². The molecule has 0 aliphatic carbocycles. The number of carbonyl (C=O) groups is 1. The van der Waals surface area contributed by atoms with Crippen molar-refractivity contribution in [1.82, 2.24) is 9.97 Å². The summed E-state index contributed by atoms with van der Waals surface area (Å²) in [6, 6.07) is 6.65. The first kappa shape index (κ1) is 12.8. The second kappa shape index (κ2) is 5.33. The van der Waals surface area contributed by atoms with Gasteiger partial charge in [-0.1, -0.05) is 29.3 Å². The Balaban J connectivity index is 2.25. The third kappa shape index (κ3) is 2.78. The minimum Gasteiger partial charge on any atom is -0.290 e. The topological polar surface area (TPSA) is 54.9 Å². The maximum absolute atomic E-state index is 12.0. The Bertz CT molecular complexity index is 602. The van der Waals surface area contributed by atoms with Gasteiger partial charge < -0.3 is 0 Å². The SMILES string of the molecule is Cc1c(Cl)cccc1C(=O)Nc1nccc(Cl)n1. The first-order valence-corrected chi connectivity index (χ1v) is 5.88. The van der Waals surface area contributed by atoms with Crippen molar-refractivity contribution >= 4 is 35.1 Å². The van der Waals surface area contributed by atoms with Crippen molar-refractivity contribution in [3.05, 3.63) is 51.8 Å². The Kier molecular flexibility index (Phi) is 3.79. The van der Waals surface area contributed by atoms with Crippen molar-refractivity contribution in [2.24, 2.45) is 0 Å². The number of benzene rings is 1. The molecule has 0 radical (unpaired) electrons. The average molecular weight is 282 g/mol. The highest BCUT2D eigenvalue weighted by Gasteiger charge is 2.12. The standard InChI is InChI=1S/C12H9Cl2N3O/c1-7-8(3-2-4-9(7)13)11(18)17-12-15-6-5-10(14)16-12/h2-6H,1H3,(H,15,16,17,18). The fourth-order valence-corrected chi connectivity index (χ4v) is 1.73. The molecule has 6 heteroatoms. The fourth-order valence-electron chi connectivity index (χ4n) is 1.42. The van der Waals surface area contributed by atoms with Crippen LogP contribution in [-0.4, -0.2) is 15.9 Å². The van der Waals surface area contributed by atoms with E-state index in [4.69, 9.17) is 23.2 Å². The highest BCUT2D eigenvalue weighted by Crippen LogP contribution is 2.19. The van der Waals surface area contributed by atoms with E-state index in [-0.39, 0.29) is 17.0 Å². The molecule has 2 rings (SSSR count). The van der Waals surface area contributed by atoms with Crippen LogP contribution in [0, 0.1) is 6.92 Å². The van der Waals surface area contributed by atoms with E-state index >= 15 is 0 Å². The summed E-state index contributed by atoms with van der Waals surface area (Å²) in [6.07, 6.45) is 1.47. The van der Waals surface area contributed by atoms with Crippen LogP contribution in [0.3, 0.4) is 0 Å². The predicted molar refractivity (Wildman–Crippen MR) is 71.2 cm³/mol. The number of anilines is 1. The van der Waals surface area contributed by atoms with Gasteiger partial charge in [-0.15, -0.1) is 0 Å². The summed E-state index contributed by atoms with van der Waals surface area (Å²) in [5, 5.41) is 3.37. The van der Waals surface area contributed by atoms with Crippen molar-refractivity contribution in [1.29, 1.82) is 0 Å². The van der Waals surface area contributed by atoms with Gasteiger partial charge in [0.15, 0.2) is 0 Å². The maximum atomic E-state index is 12.0. The van der Waals surface area contributed by atoms with Crippen LogP contribution >= 0.6 is 23.2 Å². The van der Waals surface area contributed by atoms with Crippen LogP contribution in [0.5, 0.6) is 0 Å². The van der Waals surface area contributed by atoms with Gasteiger partial charge in [0.1, 0.15) is 5.15 Å². The van der Waals surface area contributed by atoms with Crippen LogP contribution in [0.1, 0.15) is 15.9 Å². The number of carbonyl (C=O) groups excluding carboxylic acids is 1. The lowest BCUT2D eigenvalue weighted by Crippen LogP contribution is -2.15. The fraction of sp³-hybridized carbons (Fsp3) is 0.0833. The lowest BCUT2D eigenvalue weighted by atomic mass is 10.1. The summed E-state index contributed by atoms with van der Waals surface area (Å²) in [4.78, 5) is 19.8. The van der Waals surface area contributed by atoms with Crippen molar-refractivity contribution in [2.75, 3.05) is 5.32 Å². The minimum absolute atomic E-state index is 0.159. The Labute approximate surface area is 114 Å².